The molecule has 16 heavy (non-hydrogen) atoms. The maximum absolute atomic E-state index is 12.9. The van der Waals surface area contributed by atoms with E-state index in [1.165, 1.54) is 6.92 Å². The molecule has 1 heterocycles. The number of hydrogen-bond acceptors (Lipinski definition) is 2. The second kappa shape index (κ2) is 4.49. The van der Waals surface area contributed by atoms with Gasteiger partial charge in [0.05, 0.1) is 12.9 Å². The second-order valence-electron chi connectivity index (χ2n) is 3.91. The lowest BCUT2D eigenvalue weighted by Gasteiger charge is -2.37. The summed E-state index contributed by atoms with van der Waals surface area (Å²) < 4.78 is 43.7. The Kier molecular flexibility index (Phi) is 3.68. The van der Waals surface area contributed by atoms with Gasteiger partial charge in [-0.2, -0.15) is 13.2 Å². The van der Waals surface area contributed by atoms with E-state index in [1.54, 1.807) is 0 Å². The molecule has 0 saturated carbocycles. The van der Waals surface area contributed by atoms with E-state index in [4.69, 9.17) is 4.74 Å². The van der Waals surface area contributed by atoms with Crippen molar-refractivity contribution in [1.29, 1.82) is 0 Å². The van der Waals surface area contributed by atoms with Crippen molar-refractivity contribution >= 4 is 0 Å². The van der Waals surface area contributed by atoms with E-state index in [0.29, 0.717) is 13.0 Å². The van der Waals surface area contributed by atoms with Gasteiger partial charge in [0, 0.05) is 11.5 Å². The first-order valence-electron chi connectivity index (χ1n) is 5.06. The highest BCUT2D eigenvalue weighted by Crippen LogP contribution is 2.44. The van der Waals surface area contributed by atoms with Crippen LogP contribution in [0.4, 0.5) is 13.2 Å². The Hall–Kier alpha value is -0.970. The van der Waals surface area contributed by atoms with E-state index in [9.17, 15) is 18.3 Å². The van der Waals surface area contributed by atoms with Crippen molar-refractivity contribution in [2.75, 3.05) is 6.61 Å². The molecule has 2 nitrogen and oxygen atoms in total. The Morgan fingerprint density at radius 2 is 2.19 bits per heavy atom. The lowest BCUT2D eigenvalue weighted by atomic mass is 9.79. The molecular formula is C11H15F3O2. The van der Waals surface area contributed by atoms with E-state index >= 15 is 0 Å². The van der Waals surface area contributed by atoms with Crippen molar-refractivity contribution in [1.82, 2.24) is 0 Å². The highest BCUT2D eigenvalue weighted by molar-refractivity contribution is 5.23. The summed E-state index contributed by atoms with van der Waals surface area (Å²) in [5.41, 5.74) is -2.99. The summed E-state index contributed by atoms with van der Waals surface area (Å²) in [7, 11) is 0. The molecular weight excluding hydrogens is 221 g/mol. The molecule has 1 rings (SSSR count). The summed E-state index contributed by atoms with van der Waals surface area (Å²) in [5, 5.41) is 9.90. The number of halogens is 3. The minimum absolute atomic E-state index is 0.126. The maximum atomic E-state index is 12.9. The number of ether oxygens (including phenoxy) is 1. The number of hydrogen-bond donors (Lipinski definition) is 1. The van der Waals surface area contributed by atoms with Crippen LogP contribution in [0.1, 0.15) is 19.8 Å². The van der Waals surface area contributed by atoms with Crippen LogP contribution in [0.2, 0.25) is 0 Å². The third-order valence-corrected chi connectivity index (χ3v) is 2.87. The standard InChI is InChI=1S/C11H15F3O2/c1-3-8(2)10(15,11(12,13)14)9-5-4-6-16-7-9/h3,7-8,15H,1,4-6H2,2H3. The van der Waals surface area contributed by atoms with Gasteiger partial charge in [0.15, 0.2) is 5.60 Å². The Morgan fingerprint density at radius 1 is 1.56 bits per heavy atom. The molecule has 2 atom stereocenters. The van der Waals surface area contributed by atoms with Crippen molar-refractivity contribution in [2.24, 2.45) is 5.92 Å². The number of alkyl halides is 3. The van der Waals surface area contributed by atoms with Crippen LogP contribution < -0.4 is 0 Å². The molecule has 1 N–H and O–H groups in total. The molecule has 0 radical (unpaired) electrons. The molecule has 0 aromatic carbocycles. The van der Waals surface area contributed by atoms with Gasteiger partial charge in [-0.15, -0.1) is 6.58 Å². The van der Waals surface area contributed by atoms with Gasteiger partial charge < -0.3 is 9.84 Å². The first-order chi connectivity index (χ1) is 7.34. The summed E-state index contributed by atoms with van der Waals surface area (Å²) in [4.78, 5) is 0. The van der Waals surface area contributed by atoms with Crippen LogP contribution in [0.5, 0.6) is 0 Å². The van der Waals surface area contributed by atoms with Gasteiger partial charge in [0.25, 0.3) is 0 Å². The molecule has 92 valence electrons. The molecule has 2 unspecified atom stereocenters. The fourth-order valence-electron chi connectivity index (χ4n) is 1.75. The average molecular weight is 236 g/mol. The third kappa shape index (κ3) is 2.09. The topological polar surface area (TPSA) is 29.5 Å². The van der Waals surface area contributed by atoms with Crippen molar-refractivity contribution in [3.05, 3.63) is 24.5 Å². The van der Waals surface area contributed by atoms with E-state index in [1.807, 2.05) is 0 Å². The molecule has 1 aliphatic heterocycles. The van der Waals surface area contributed by atoms with Crippen LogP contribution in [0.15, 0.2) is 24.5 Å². The smallest absolute Gasteiger partial charge is 0.421 e. The maximum Gasteiger partial charge on any atom is 0.421 e. The zero-order chi connectivity index (χ0) is 12.4. The van der Waals surface area contributed by atoms with Crippen LogP contribution in [0.25, 0.3) is 0 Å². The molecule has 5 heteroatoms. The summed E-state index contributed by atoms with van der Waals surface area (Å²) in [6.45, 7) is 4.98. The highest BCUT2D eigenvalue weighted by Gasteiger charge is 2.58. The van der Waals surface area contributed by atoms with Crippen molar-refractivity contribution in [2.45, 2.75) is 31.5 Å². The lowest BCUT2D eigenvalue weighted by Crippen LogP contribution is -2.52. The SMILES string of the molecule is C=CC(C)C(O)(C1=COCCC1)C(F)(F)F. The van der Waals surface area contributed by atoms with Crippen LogP contribution in [-0.4, -0.2) is 23.5 Å². The number of rotatable bonds is 3. The van der Waals surface area contributed by atoms with Gasteiger partial charge in [-0.3, -0.25) is 0 Å². The van der Waals surface area contributed by atoms with E-state index in [-0.39, 0.29) is 12.0 Å². The fourth-order valence-corrected chi connectivity index (χ4v) is 1.75. The predicted molar refractivity (Wildman–Crippen MR) is 53.6 cm³/mol. The summed E-state index contributed by atoms with van der Waals surface area (Å²) in [6, 6.07) is 0. The predicted octanol–water partition coefficient (Wildman–Crippen LogP) is 2.80. The minimum Gasteiger partial charge on any atom is -0.501 e. The highest BCUT2D eigenvalue weighted by atomic mass is 19.4. The molecule has 0 aliphatic carbocycles. The van der Waals surface area contributed by atoms with Crippen molar-refractivity contribution in [3.63, 3.8) is 0 Å². The molecule has 0 fully saturated rings. The van der Waals surface area contributed by atoms with Gasteiger partial charge in [-0.25, -0.2) is 0 Å². The van der Waals surface area contributed by atoms with Gasteiger partial charge in [0.2, 0.25) is 0 Å². The fraction of sp³-hybridized carbons (Fsp3) is 0.636. The monoisotopic (exact) mass is 236 g/mol. The zero-order valence-corrected chi connectivity index (χ0v) is 9.05. The van der Waals surface area contributed by atoms with Crippen molar-refractivity contribution in [3.8, 4) is 0 Å². The van der Waals surface area contributed by atoms with E-state index in [0.717, 1.165) is 12.3 Å². The van der Waals surface area contributed by atoms with Crippen LogP contribution in [0, 0.1) is 5.92 Å². The first-order valence-corrected chi connectivity index (χ1v) is 5.06. The van der Waals surface area contributed by atoms with Gasteiger partial charge >= 0.3 is 6.18 Å². The largest absolute Gasteiger partial charge is 0.501 e. The van der Waals surface area contributed by atoms with E-state index < -0.39 is 17.7 Å². The summed E-state index contributed by atoms with van der Waals surface area (Å²) >= 11 is 0. The Balaban J connectivity index is 3.13. The molecule has 0 bridgehead atoms. The Bertz CT molecular complexity index is 296. The lowest BCUT2D eigenvalue weighted by molar-refractivity contribution is -0.257. The van der Waals surface area contributed by atoms with Gasteiger partial charge in [0.1, 0.15) is 0 Å². The summed E-state index contributed by atoms with van der Waals surface area (Å²) in [5.74, 6) is -1.11. The molecule has 0 aromatic heterocycles. The van der Waals surface area contributed by atoms with Gasteiger partial charge in [-0.1, -0.05) is 13.0 Å². The zero-order valence-electron chi connectivity index (χ0n) is 9.05. The molecule has 0 spiro atoms. The second-order valence-corrected chi connectivity index (χ2v) is 3.91. The van der Waals surface area contributed by atoms with Crippen LogP contribution in [0.3, 0.4) is 0 Å². The normalized spacial score (nSPS) is 22.7. The average Bonchev–Trinajstić information content (AvgIpc) is 2.26. The van der Waals surface area contributed by atoms with Crippen LogP contribution >= 0.6 is 0 Å². The quantitative estimate of drug-likeness (QED) is 0.763. The number of aliphatic hydroxyl groups is 1. The minimum atomic E-state index is -4.73. The van der Waals surface area contributed by atoms with E-state index in [2.05, 4.69) is 6.58 Å². The molecule has 0 amide bonds. The Labute approximate surface area is 92.4 Å². The third-order valence-electron chi connectivity index (χ3n) is 2.87. The first kappa shape index (κ1) is 13.1. The Morgan fingerprint density at radius 3 is 2.56 bits per heavy atom. The molecule has 0 saturated heterocycles. The molecule has 1 aliphatic rings. The van der Waals surface area contributed by atoms with Gasteiger partial charge in [-0.05, 0) is 12.8 Å². The van der Waals surface area contributed by atoms with Crippen molar-refractivity contribution < 1.29 is 23.0 Å². The molecule has 0 aromatic rings. The summed E-state index contributed by atoms with van der Waals surface area (Å²) in [6.07, 6.45) is -1.94. The van der Waals surface area contributed by atoms with Crippen LogP contribution in [-0.2, 0) is 4.74 Å².